The van der Waals surface area contributed by atoms with Gasteiger partial charge in [-0.3, -0.25) is 13.8 Å². The zero-order valence-corrected chi connectivity index (χ0v) is 15.6. The fraction of sp³-hybridized carbons (Fsp3) is 0.444. The lowest BCUT2D eigenvalue weighted by molar-refractivity contribution is 0.101. The molecule has 7 heteroatoms. The number of benzene rings is 1. The summed E-state index contributed by atoms with van der Waals surface area (Å²) in [4.78, 5) is 11.9. The number of nitrogens with one attached hydrogen (secondary N) is 1. The minimum atomic E-state index is -2.53. The smallest absolute Gasteiger partial charge is 0.165 e. The Labute approximate surface area is 148 Å². The minimum absolute atomic E-state index is 0.0294. The number of hydrogen-bond acceptors (Lipinski definition) is 6. The molecule has 0 spiro atoms. The molecule has 1 unspecified atom stereocenters. The van der Waals surface area contributed by atoms with Gasteiger partial charge in [-0.1, -0.05) is 30.6 Å². The van der Waals surface area contributed by atoms with Crippen LogP contribution in [-0.4, -0.2) is 33.8 Å². The van der Waals surface area contributed by atoms with Gasteiger partial charge < -0.3 is 9.26 Å². The van der Waals surface area contributed by atoms with E-state index in [-0.39, 0.29) is 18.1 Å². The summed E-state index contributed by atoms with van der Waals surface area (Å²) >= 11 is 0. The van der Waals surface area contributed by atoms with Gasteiger partial charge in [-0.2, -0.15) is 0 Å². The average molecular weight is 364 g/mol. The van der Waals surface area contributed by atoms with E-state index < -0.39 is 9.73 Å². The van der Waals surface area contributed by atoms with Crippen molar-refractivity contribution in [1.82, 2.24) is 5.16 Å². The molecule has 2 aromatic rings. The Hall–Kier alpha value is -2.15. The maximum absolute atomic E-state index is 11.9. The van der Waals surface area contributed by atoms with E-state index in [9.17, 15) is 9.00 Å². The van der Waals surface area contributed by atoms with Gasteiger partial charge in [-0.25, -0.2) is 0 Å². The molecule has 0 amide bonds. The highest BCUT2D eigenvalue weighted by Crippen LogP contribution is 2.21. The van der Waals surface area contributed by atoms with Crippen LogP contribution in [0.5, 0.6) is 5.75 Å². The number of hydrogen-bond donors (Lipinski definition) is 1. The molecule has 1 heterocycles. The van der Waals surface area contributed by atoms with Gasteiger partial charge in [0.25, 0.3) is 0 Å². The number of nitrogens with zero attached hydrogens (tertiary/aromatic N) is 1. The average Bonchev–Trinajstić information content (AvgIpc) is 2.91. The van der Waals surface area contributed by atoms with Gasteiger partial charge in [0, 0.05) is 22.4 Å². The van der Waals surface area contributed by atoms with Crippen LogP contribution < -0.4 is 4.74 Å². The maximum Gasteiger partial charge on any atom is 0.165 e. The van der Waals surface area contributed by atoms with E-state index in [1.165, 1.54) is 13.2 Å². The van der Waals surface area contributed by atoms with E-state index in [0.29, 0.717) is 23.5 Å². The van der Waals surface area contributed by atoms with Gasteiger partial charge in [0.15, 0.2) is 11.5 Å². The normalized spacial score (nSPS) is 13.4. The first-order valence-electron chi connectivity index (χ1n) is 8.21. The Balaban J connectivity index is 2.05. The molecular formula is C18H24N2O4S. The highest BCUT2D eigenvalue weighted by molar-refractivity contribution is 7.91. The Kier molecular flexibility index (Phi) is 6.36. The van der Waals surface area contributed by atoms with Crippen molar-refractivity contribution in [3.8, 4) is 5.75 Å². The molecule has 1 atom stereocenters. The van der Waals surface area contributed by atoms with Crippen molar-refractivity contribution in [2.45, 2.75) is 33.1 Å². The van der Waals surface area contributed by atoms with Crippen LogP contribution in [0.15, 0.2) is 28.8 Å². The number of rotatable bonds is 9. The summed E-state index contributed by atoms with van der Waals surface area (Å²) in [6, 6.07) is 7.41. The second kappa shape index (κ2) is 8.29. The lowest BCUT2D eigenvalue weighted by atomic mass is 10.0. The Bertz CT molecular complexity index is 823. The third kappa shape index (κ3) is 5.70. The van der Waals surface area contributed by atoms with Crippen molar-refractivity contribution in [3.63, 3.8) is 0 Å². The molecule has 1 N–H and O–H groups in total. The highest BCUT2D eigenvalue weighted by Gasteiger charge is 2.19. The van der Waals surface area contributed by atoms with Crippen molar-refractivity contribution in [2.75, 3.05) is 18.6 Å². The first kappa shape index (κ1) is 19.2. The molecule has 1 aromatic heterocycles. The van der Waals surface area contributed by atoms with E-state index in [2.05, 4.69) is 5.16 Å². The first-order chi connectivity index (χ1) is 11.8. The van der Waals surface area contributed by atoms with E-state index in [0.717, 1.165) is 24.1 Å². The predicted octanol–water partition coefficient (Wildman–Crippen LogP) is 3.48. The summed E-state index contributed by atoms with van der Waals surface area (Å²) in [5.41, 5.74) is 2.30. The van der Waals surface area contributed by atoms with Gasteiger partial charge >= 0.3 is 0 Å². The van der Waals surface area contributed by atoms with Crippen LogP contribution in [0.4, 0.5) is 0 Å². The number of Topliss-reactive ketones (excluding diaryl/α,β-unsaturated/α-hetero) is 1. The van der Waals surface area contributed by atoms with Crippen LogP contribution in [0.25, 0.3) is 0 Å². The SMILES string of the molecule is CCCc1noc(Cc2ccc(OCCS(C)(=N)=O)cc2)c1C(C)=O. The quantitative estimate of drug-likeness (QED) is 0.688. The lowest BCUT2D eigenvalue weighted by Gasteiger charge is -2.07. The molecule has 6 nitrogen and oxygen atoms in total. The Morgan fingerprint density at radius 1 is 1.32 bits per heavy atom. The van der Waals surface area contributed by atoms with Crippen molar-refractivity contribution >= 4 is 15.5 Å². The summed E-state index contributed by atoms with van der Waals surface area (Å²) in [7, 11) is -2.53. The second-order valence-electron chi connectivity index (χ2n) is 6.11. The molecule has 0 bridgehead atoms. The summed E-state index contributed by atoms with van der Waals surface area (Å²) in [5.74, 6) is 1.42. The molecule has 25 heavy (non-hydrogen) atoms. The Morgan fingerprint density at radius 2 is 2.00 bits per heavy atom. The molecule has 0 radical (unpaired) electrons. The van der Waals surface area contributed by atoms with Crippen LogP contribution in [0.3, 0.4) is 0 Å². The number of aromatic nitrogens is 1. The number of ketones is 1. The molecular weight excluding hydrogens is 340 g/mol. The van der Waals surface area contributed by atoms with Crippen molar-refractivity contribution < 1.29 is 18.3 Å². The predicted molar refractivity (Wildman–Crippen MR) is 96.9 cm³/mol. The first-order valence-corrected chi connectivity index (χ1v) is 10.3. The molecule has 0 saturated carbocycles. The molecule has 1 aromatic carbocycles. The molecule has 136 valence electrons. The van der Waals surface area contributed by atoms with Crippen LogP contribution >= 0.6 is 0 Å². The number of aryl methyl sites for hydroxylation is 1. The summed E-state index contributed by atoms with van der Waals surface area (Å²) in [6.07, 6.45) is 3.51. The van der Waals surface area contributed by atoms with Crippen molar-refractivity contribution in [2.24, 2.45) is 0 Å². The molecule has 2 rings (SSSR count). The van der Waals surface area contributed by atoms with Gasteiger partial charge in [0.05, 0.1) is 17.0 Å². The lowest BCUT2D eigenvalue weighted by Crippen LogP contribution is -2.10. The Morgan fingerprint density at radius 3 is 2.56 bits per heavy atom. The van der Waals surface area contributed by atoms with Gasteiger partial charge in [0.1, 0.15) is 12.4 Å². The van der Waals surface area contributed by atoms with E-state index in [4.69, 9.17) is 14.0 Å². The number of carbonyl (C=O) groups is 1. The molecule has 0 aliphatic carbocycles. The second-order valence-corrected chi connectivity index (χ2v) is 8.53. The van der Waals surface area contributed by atoms with Crippen LogP contribution in [0.2, 0.25) is 0 Å². The summed E-state index contributed by atoms with van der Waals surface area (Å²) in [6.45, 7) is 3.81. The van der Waals surface area contributed by atoms with Crippen LogP contribution in [-0.2, 0) is 22.6 Å². The highest BCUT2D eigenvalue weighted by atomic mass is 32.2. The fourth-order valence-corrected chi connectivity index (χ4v) is 2.90. The monoisotopic (exact) mass is 364 g/mol. The van der Waals surface area contributed by atoms with E-state index >= 15 is 0 Å². The molecule has 0 aliphatic heterocycles. The third-order valence-corrected chi connectivity index (χ3v) is 4.65. The van der Waals surface area contributed by atoms with Gasteiger partial charge in [0.2, 0.25) is 0 Å². The van der Waals surface area contributed by atoms with Crippen molar-refractivity contribution in [1.29, 1.82) is 4.78 Å². The van der Waals surface area contributed by atoms with E-state index in [1.807, 2.05) is 31.2 Å². The maximum atomic E-state index is 11.9. The fourth-order valence-electron chi connectivity index (χ4n) is 2.50. The minimum Gasteiger partial charge on any atom is -0.493 e. The van der Waals surface area contributed by atoms with Gasteiger partial charge in [-0.05, 0) is 31.0 Å². The standard InChI is InChI=1S/C18H24N2O4S/c1-4-5-16-18(13(2)21)17(24-20-16)12-14-6-8-15(9-7-14)23-10-11-25(3,19)22/h6-9,19H,4-5,10-12H2,1-3H3. The van der Waals surface area contributed by atoms with Crippen LogP contribution in [0.1, 0.15) is 47.6 Å². The molecule has 0 saturated heterocycles. The van der Waals surface area contributed by atoms with Crippen molar-refractivity contribution in [3.05, 3.63) is 46.8 Å². The van der Waals surface area contributed by atoms with Gasteiger partial charge in [-0.15, -0.1) is 0 Å². The number of ether oxygens (including phenoxy) is 1. The largest absolute Gasteiger partial charge is 0.493 e. The topological polar surface area (TPSA) is 93.2 Å². The van der Waals surface area contributed by atoms with E-state index in [1.54, 1.807) is 0 Å². The summed E-state index contributed by atoms with van der Waals surface area (Å²) in [5, 5.41) is 4.04. The van der Waals surface area contributed by atoms with Crippen LogP contribution in [0, 0.1) is 4.78 Å². The zero-order chi connectivity index (χ0) is 18.4. The molecule has 0 fully saturated rings. The molecule has 0 aliphatic rings. The third-order valence-electron chi connectivity index (χ3n) is 3.70. The zero-order valence-electron chi connectivity index (χ0n) is 14.8. The number of carbonyl (C=O) groups excluding carboxylic acids is 1. The summed E-state index contributed by atoms with van der Waals surface area (Å²) < 4.78 is 29.5.